The highest BCUT2D eigenvalue weighted by Crippen LogP contribution is 2.44. The number of carbonyl (C=O) groups is 3. The second-order valence-corrected chi connectivity index (χ2v) is 9.75. The van der Waals surface area contributed by atoms with E-state index in [1.54, 1.807) is 0 Å². The maximum Gasteiger partial charge on any atom is 0.407 e. The molecule has 2 fully saturated rings. The fourth-order valence-corrected chi connectivity index (χ4v) is 5.58. The maximum atomic E-state index is 12.9. The summed E-state index contributed by atoms with van der Waals surface area (Å²) in [4.78, 5) is 38.3. The van der Waals surface area contributed by atoms with E-state index in [0.29, 0.717) is 25.9 Å². The van der Waals surface area contributed by atoms with Crippen LogP contribution in [0.1, 0.15) is 43.2 Å². The van der Waals surface area contributed by atoms with Gasteiger partial charge in [-0.3, -0.25) is 9.59 Å². The zero-order valence-electron chi connectivity index (χ0n) is 19.3. The van der Waals surface area contributed by atoms with E-state index < -0.39 is 12.1 Å². The Morgan fingerprint density at radius 2 is 1.68 bits per heavy atom. The third kappa shape index (κ3) is 4.27. The molecule has 0 aromatic heterocycles. The van der Waals surface area contributed by atoms with Gasteiger partial charge in [0.05, 0.1) is 5.92 Å². The number of rotatable bonds is 6. The van der Waals surface area contributed by atoms with Crippen LogP contribution in [0.4, 0.5) is 4.79 Å². The summed E-state index contributed by atoms with van der Waals surface area (Å²) >= 11 is 0. The Kier molecular flexibility index (Phi) is 6.02. The Bertz CT molecular complexity index is 1070. The molecule has 2 N–H and O–H groups in total. The average molecular weight is 463 g/mol. The van der Waals surface area contributed by atoms with Gasteiger partial charge in [-0.25, -0.2) is 4.79 Å². The summed E-state index contributed by atoms with van der Waals surface area (Å²) in [6.45, 7) is 3.08. The number of hydrogen-bond donors (Lipinski definition) is 2. The van der Waals surface area contributed by atoms with E-state index in [2.05, 4.69) is 29.6 Å². The minimum absolute atomic E-state index is 0.0172. The van der Waals surface area contributed by atoms with Crippen molar-refractivity contribution in [2.75, 3.05) is 19.7 Å². The molecule has 34 heavy (non-hydrogen) atoms. The minimum Gasteiger partial charge on any atom is -0.481 e. The molecule has 7 nitrogen and oxygen atoms in total. The fourth-order valence-electron chi connectivity index (χ4n) is 5.58. The lowest BCUT2D eigenvalue weighted by molar-refractivity contribution is -0.148. The Morgan fingerprint density at radius 1 is 1.03 bits per heavy atom. The first-order valence-corrected chi connectivity index (χ1v) is 12.1. The molecule has 4 atom stereocenters. The van der Waals surface area contributed by atoms with Gasteiger partial charge in [-0.05, 0) is 54.4 Å². The Labute approximate surface area is 199 Å². The molecule has 0 bridgehead atoms. The first-order chi connectivity index (χ1) is 16.4. The number of aliphatic carboxylic acids is 1. The van der Waals surface area contributed by atoms with Gasteiger partial charge in [-0.1, -0.05) is 48.5 Å². The van der Waals surface area contributed by atoms with Gasteiger partial charge in [0, 0.05) is 31.0 Å². The van der Waals surface area contributed by atoms with Gasteiger partial charge >= 0.3 is 12.1 Å². The van der Waals surface area contributed by atoms with Crippen LogP contribution in [0.2, 0.25) is 0 Å². The van der Waals surface area contributed by atoms with E-state index in [9.17, 15) is 19.5 Å². The molecule has 1 heterocycles. The molecule has 2 aromatic carbocycles. The number of likely N-dealkylation sites (tertiary alicyclic amines) is 1. The highest BCUT2D eigenvalue weighted by Gasteiger charge is 2.46. The van der Waals surface area contributed by atoms with E-state index in [-0.39, 0.29) is 42.2 Å². The summed E-state index contributed by atoms with van der Waals surface area (Å²) in [5.74, 6) is -1.05. The van der Waals surface area contributed by atoms with Crippen molar-refractivity contribution < 1.29 is 24.2 Å². The first kappa shape index (κ1) is 22.4. The third-order valence-corrected chi connectivity index (χ3v) is 7.60. The first-order valence-electron chi connectivity index (χ1n) is 12.1. The number of hydrogen-bond acceptors (Lipinski definition) is 4. The zero-order valence-corrected chi connectivity index (χ0v) is 19.3. The highest BCUT2D eigenvalue weighted by molar-refractivity contribution is 5.83. The van der Waals surface area contributed by atoms with Crippen LogP contribution in [0, 0.1) is 17.8 Å². The Morgan fingerprint density at radius 3 is 2.29 bits per heavy atom. The molecular weight excluding hydrogens is 432 g/mol. The second-order valence-electron chi connectivity index (χ2n) is 9.75. The van der Waals surface area contributed by atoms with Crippen molar-refractivity contribution in [3.05, 3.63) is 59.7 Å². The summed E-state index contributed by atoms with van der Waals surface area (Å²) < 4.78 is 5.58. The van der Waals surface area contributed by atoms with Crippen LogP contribution in [0.15, 0.2) is 48.5 Å². The normalized spacial score (nSPS) is 25.3. The predicted molar refractivity (Wildman–Crippen MR) is 126 cm³/mol. The number of carboxylic acids is 1. The number of amides is 2. The Hall–Kier alpha value is -3.35. The monoisotopic (exact) mass is 462 g/mol. The second kappa shape index (κ2) is 9.12. The van der Waals surface area contributed by atoms with Crippen LogP contribution < -0.4 is 5.32 Å². The van der Waals surface area contributed by atoms with Crippen LogP contribution in [0.5, 0.6) is 0 Å². The van der Waals surface area contributed by atoms with Gasteiger partial charge in [0.25, 0.3) is 0 Å². The summed E-state index contributed by atoms with van der Waals surface area (Å²) in [5.41, 5.74) is 4.72. The van der Waals surface area contributed by atoms with Gasteiger partial charge < -0.3 is 20.1 Å². The highest BCUT2D eigenvalue weighted by atomic mass is 16.5. The van der Waals surface area contributed by atoms with Crippen molar-refractivity contribution >= 4 is 18.0 Å². The molecule has 2 aromatic rings. The lowest BCUT2D eigenvalue weighted by Gasteiger charge is -2.36. The molecule has 1 aliphatic heterocycles. The van der Waals surface area contributed by atoms with Gasteiger partial charge in [-0.15, -0.1) is 0 Å². The van der Waals surface area contributed by atoms with E-state index >= 15 is 0 Å². The molecule has 2 aliphatic carbocycles. The molecule has 2 amide bonds. The number of piperidine rings is 1. The van der Waals surface area contributed by atoms with E-state index in [0.717, 1.165) is 6.42 Å². The molecule has 1 saturated carbocycles. The van der Waals surface area contributed by atoms with Gasteiger partial charge in [0.15, 0.2) is 0 Å². The molecule has 0 radical (unpaired) electrons. The van der Waals surface area contributed by atoms with Crippen molar-refractivity contribution in [3.63, 3.8) is 0 Å². The smallest absolute Gasteiger partial charge is 0.407 e. The van der Waals surface area contributed by atoms with Crippen LogP contribution in [-0.4, -0.2) is 53.7 Å². The zero-order chi connectivity index (χ0) is 23.8. The van der Waals surface area contributed by atoms with E-state index in [1.807, 2.05) is 36.1 Å². The van der Waals surface area contributed by atoms with Crippen LogP contribution in [-0.2, 0) is 14.3 Å². The van der Waals surface area contributed by atoms with Crippen molar-refractivity contribution in [1.82, 2.24) is 10.2 Å². The number of nitrogens with one attached hydrogen (secondary N) is 1. The van der Waals surface area contributed by atoms with Crippen molar-refractivity contribution in [2.24, 2.45) is 17.8 Å². The van der Waals surface area contributed by atoms with E-state index in [1.165, 1.54) is 22.3 Å². The SMILES string of the molecule is CC1CC(C(=O)O)CCN1C(=O)[C@@H]1C[C@@H]1CNC(=O)OCC1c2ccccc2-c2ccccc21. The van der Waals surface area contributed by atoms with Crippen LogP contribution >= 0.6 is 0 Å². The minimum atomic E-state index is -0.782. The molecule has 3 aliphatic rings. The summed E-state index contributed by atoms with van der Waals surface area (Å²) in [5, 5.41) is 12.0. The summed E-state index contributed by atoms with van der Waals surface area (Å²) in [7, 11) is 0. The van der Waals surface area contributed by atoms with Gasteiger partial charge in [0.2, 0.25) is 5.91 Å². The number of nitrogens with zero attached hydrogens (tertiary/aromatic N) is 1. The number of fused-ring (bicyclic) bond motifs is 3. The molecular formula is C27H30N2O5. The number of carboxylic acid groups (broad SMARTS) is 1. The molecule has 0 spiro atoms. The lowest BCUT2D eigenvalue weighted by atomic mass is 9.91. The molecule has 2 unspecified atom stereocenters. The molecule has 7 heteroatoms. The number of ether oxygens (including phenoxy) is 1. The van der Waals surface area contributed by atoms with Crippen LogP contribution in [0.3, 0.4) is 0 Å². The summed E-state index contributed by atoms with van der Waals surface area (Å²) in [6, 6.07) is 16.4. The third-order valence-electron chi connectivity index (χ3n) is 7.60. The van der Waals surface area contributed by atoms with Crippen molar-refractivity contribution in [1.29, 1.82) is 0 Å². The largest absolute Gasteiger partial charge is 0.481 e. The number of alkyl carbamates (subject to hydrolysis) is 1. The standard InChI is InChI=1S/C27H30N2O5/c1-16-12-17(26(31)32)10-11-29(16)25(30)23-13-18(23)14-28-27(33)34-15-24-21-8-4-2-6-19(21)20-7-3-5-9-22(20)24/h2-9,16-18,23-24H,10-15H2,1H3,(H,28,33)(H,31,32)/t16?,17?,18-,23-/m1/s1. The topological polar surface area (TPSA) is 95.9 Å². The summed E-state index contributed by atoms with van der Waals surface area (Å²) in [6.07, 6.45) is 1.28. The maximum absolute atomic E-state index is 12.9. The molecule has 5 rings (SSSR count). The number of benzene rings is 2. The quantitative estimate of drug-likeness (QED) is 0.679. The fraction of sp³-hybridized carbons (Fsp3) is 0.444. The lowest BCUT2D eigenvalue weighted by Crippen LogP contribution is -2.47. The van der Waals surface area contributed by atoms with Gasteiger partial charge in [0.1, 0.15) is 6.61 Å². The average Bonchev–Trinajstić information content (AvgIpc) is 3.56. The van der Waals surface area contributed by atoms with Crippen molar-refractivity contribution in [3.8, 4) is 11.1 Å². The molecule has 178 valence electrons. The van der Waals surface area contributed by atoms with Crippen molar-refractivity contribution in [2.45, 2.75) is 38.1 Å². The predicted octanol–water partition coefficient (Wildman–Crippen LogP) is 3.87. The molecule has 1 saturated heterocycles. The van der Waals surface area contributed by atoms with Gasteiger partial charge in [-0.2, -0.15) is 0 Å². The van der Waals surface area contributed by atoms with E-state index in [4.69, 9.17) is 4.74 Å². The number of carbonyl (C=O) groups excluding carboxylic acids is 2. The Balaban J connectivity index is 1.10. The van der Waals surface area contributed by atoms with Crippen LogP contribution in [0.25, 0.3) is 11.1 Å².